The molecule has 1 saturated heterocycles. The number of hydrogen-bond acceptors (Lipinski definition) is 4. The van der Waals surface area contributed by atoms with Crippen LogP contribution in [-0.2, 0) is 4.74 Å². The Balaban J connectivity index is 1.98. The summed E-state index contributed by atoms with van der Waals surface area (Å²) >= 11 is 0. The van der Waals surface area contributed by atoms with E-state index in [9.17, 15) is 0 Å². The number of hydrogen-bond donors (Lipinski definition) is 1. The standard InChI is InChI=1S/C9H17N3O/c1-7-5-12(6-8(2)13-7)9-10-3-4-11-9/h7-8H,3-6H2,1-2H3,(H,10,11). The molecule has 2 rings (SSSR count). The summed E-state index contributed by atoms with van der Waals surface area (Å²) in [5.74, 6) is 1.06. The highest BCUT2D eigenvalue weighted by Crippen LogP contribution is 2.11. The largest absolute Gasteiger partial charge is 0.372 e. The number of aliphatic imine (C=N–C) groups is 1. The summed E-state index contributed by atoms with van der Waals surface area (Å²) in [7, 11) is 0. The van der Waals surface area contributed by atoms with E-state index in [0.717, 1.165) is 32.1 Å². The number of nitrogens with one attached hydrogen (secondary N) is 1. The molecule has 0 saturated carbocycles. The van der Waals surface area contributed by atoms with Crippen molar-refractivity contribution in [2.45, 2.75) is 26.1 Å². The maximum absolute atomic E-state index is 5.65. The molecule has 0 aromatic rings. The normalized spacial score (nSPS) is 34.3. The van der Waals surface area contributed by atoms with Gasteiger partial charge in [0.05, 0.1) is 18.8 Å². The molecule has 13 heavy (non-hydrogen) atoms. The van der Waals surface area contributed by atoms with E-state index in [0.29, 0.717) is 12.2 Å². The molecule has 1 fully saturated rings. The van der Waals surface area contributed by atoms with Crippen LogP contribution in [-0.4, -0.2) is 49.2 Å². The average Bonchev–Trinajstić information content (AvgIpc) is 2.53. The van der Waals surface area contributed by atoms with Crippen molar-refractivity contribution >= 4 is 5.96 Å². The monoisotopic (exact) mass is 183 g/mol. The van der Waals surface area contributed by atoms with Gasteiger partial charge in [-0.15, -0.1) is 0 Å². The van der Waals surface area contributed by atoms with Gasteiger partial charge < -0.3 is 15.0 Å². The second-order valence-corrected chi connectivity index (χ2v) is 3.79. The fourth-order valence-corrected chi connectivity index (χ4v) is 1.95. The van der Waals surface area contributed by atoms with Crippen LogP contribution in [0, 0.1) is 0 Å². The van der Waals surface area contributed by atoms with Crippen LogP contribution in [0.25, 0.3) is 0 Å². The van der Waals surface area contributed by atoms with E-state index < -0.39 is 0 Å². The summed E-state index contributed by atoms with van der Waals surface area (Å²) in [6, 6.07) is 0. The van der Waals surface area contributed by atoms with Gasteiger partial charge in [0.25, 0.3) is 0 Å². The van der Waals surface area contributed by atoms with Gasteiger partial charge in [-0.25, -0.2) is 0 Å². The predicted octanol–water partition coefficient (Wildman–Crippen LogP) is 0.0548. The third-order valence-corrected chi connectivity index (χ3v) is 2.38. The molecule has 4 nitrogen and oxygen atoms in total. The molecule has 2 atom stereocenters. The van der Waals surface area contributed by atoms with Crippen LogP contribution in [0.2, 0.25) is 0 Å². The van der Waals surface area contributed by atoms with Crippen LogP contribution >= 0.6 is 0 Å². The molecule has 0 aromatic carbocycles. The van der Waals surface area contributed by atoms with Gasteiger partial charge in [0.1, 0.15) is 0 Å². The summed E-state index contributed by atoms with van der Waals surface area (Å²) in [5.41, 5.74) is 0. The molecule has 0 amide bonds. The highest BCUT2D eigenvalue weighted by Gasteiger charge is 2.25. The molecule has 0 aliphatic carbocycles. The Bertz CT molecular complexity index is 207. The molecule has 0 spiro atoms. The average molecular weight is 183 g/mol. The Morgan fingerprint density at radius 2 is 2.08 bits per heavy atom. The first kappa shape index (κ1) is 8.81. The first-order chi connectivity index (χ1) is 6.25. The van der Waals surface area contributed by atoms with Crippen LogP contribution in [0.3, 0.4) is 0 Å². The van der Waals surface area contributed by atoms with Crippen molar-refractivity contribution in [3.05, 3.63) is 0 Å². The smallest absolute Gasteiger partial charge is 0.194 e. The van der Waals surface area contributed by atoms with Crippen molar-refractivity contribution < 1.29 is 4.74 Å². The second-order valence-electron chi connectivity index (χ2n) is 3.79. The Morgan fingerprint density at radius 3 is 2.62 bits per heavy atom. The van der Waals surface area contributed by atoms with Gasteiger partial charge in [-0.1, -0.05) is 0 Å². The molecule has 2 heterocycles. The molecular weight excluding hydrogens is 166 g/mol. The van der Waals surface area contributed by atoms with Crippen LogP contribution < -0.4 is 5.32 Å². The molecular formula is C9H17N3O. The van der Waals surface area contributed by atoms with Gasteiger partial charge in [0.2, 0.25) is 0 Å². The van der Waals surface area contributed by atoms with Crippen molar-refractivity contribution in [2.24, 2.45) is 4.99 Å². The maximum atomic E-state index is 5.65. The second kappa shape index (κ2) is 3.54. The maximum Gasteiger partial charge on any atom is 0.194 e. The highest BCUT2D eigenvalue weighted by atomic mass is 16.5. The van der Waals surface area contributed by atoms with E-state index >= 15 is 0 Å². The zero-order chi connectivity index (χ0) is 9.26. The van der Waals surface area contributed by atoms with E-state index in [4.69, 9.17) is 4.74 Å². The van der Waals surface area contributed by atoms with E-state index in [1.807, 2.05) is 0 Å². The Morgan fingerprint density at radius 1 is 1.38 bits per heavy atom. The van der Waals surface area contributed by atoms with Crippen molar-refractivity contribution in [3.63, 3.8) is 0 Å². The predicted molar refractivity (Wildman–Crippen MR) is 51.9 cm³/mol. The van der Waals surface area contributed by atoms with Crippen molar-refractivity contribution in [1.82, 2.24) is 10.2 Å². The Kier molecular flexibility index (Phi) is 2.40. The molecule has 0 bridgehead atoms. The first-order valence-electron chi connectivity index (χ1n) is 4.94. The molecule has 2 aliphatic heterocycles. The summed E-state index contributed by atoms with van der Waals surface area (Å²) in [4.78, 5) is 6.69. The third-order valence-electron chi connectivity index (χ3n) is 2.38. The molecule has 0 radical (unpaired) electrons. The summed E-state index contributed by atoms with van der Waals surface area (Å²) in [6.45, 7) is 8.02. The SMILES string of the molecule is CC1CN(C2=NCCN2)CC(C)O1. The minimum absolute atomic E-state index is 0.314. The summed E-state index contributed by atoms with van der Waals surface area (Å²) < 4.78 is 5.65. The fraction of sp³-hybridized carbons (Fsp3) is 0.889. The van der Waals surface area contributed by atoms with Gasteiger partial charge in [-0.05, 0) is 13.8 Å². The molecule has 1 N–H and O–H groups in total. The van der Waals surface area contributed by atoms with Gasteiger partial charge >= 0.3 is 0 Å². The minimum Gasteiger partial charge on any atom is -0.372 e. The number of guanidine groups is 1. The number of ether oxygens (including phenoxy) is 1. The zero-order valence-corrected chi connectivity index (χ0v) is 8.29. The van der Waals surface area contributed by atoms with Gasteiger partial charge in [-0.3, -0.25) is 4.99 Å². The van der Waals surface area contributed by atoms with Crippen molar-refractivity contribution in [3.8, 4) is 0 Å². The minimum atomic E-state index is 0.314. The van der Waals surface area contributed by atoms with Gasteiger partial charge in [-0.2, -0.15) is 0 Å². The van der Waals surface area contributed by atoms with Crippen molar-refractivity contribution in [1.29, 1.82) is 0 Å². The Hall–Kier alpha value is -0.770. The van der Waals surface area contributed by atoms with E-state index in [1.54, 1.807) is 0 Å². The lowest BCUT2D eigenvalue weighted by molar-refractivity contribution is -0.0487. The third kappa shape index (κ3) is 1.94. The van der Waals surface area contributed by atoms with Crippen molar-refractivity contribution in [2.75, 3.05) is 26.2 Å². The van der Waals surface area contributed by atoms with Crippen LogP contribution in [0.1, 0.15) is 13.8 Å². The molecule has 0 aromatic heterocycles. The van der Waals surface area contributed by atoms with Gasteiger partial charge in [0.15, 0.2) is 5.96 Å². The summed E-state index contributed by atoms with van der Waals surface area (Å²) in [6.07, 6.45) is 0.627. The molecule has 2 aliphatic rings. The number of nitrogens with zero attached hydrogens (tertiary/aromatic N) is 2. The van der Waals surface area contributed by atoms with E-state index in [2.05, 4.69) is 29.1 Å². The number of rotatable bonds is 0. The fourth-order valence-electron chi connectivity index (χ4n) is 1.95. The number of morpholine rings is 1. The van der Waals surface area contributed by atoms with E-state index in [-0.39, 0.29) is 0 Å². The van der Waals surface area contributed by atoms with Gasteiger partial charge in [0, 0.05) is 19.6 Å². The van der Waals surface area contributed by atoms with Crippen LogP contribution in [0.5, 0.6) is 0 Å². The molecule has 4 heteroatoms. The topological polar surface area (TPSA) is 36.9 Å². The lowest BCUT2D eigenvalue weighted by Crippen LogP contribution is -2.51. The quantitative estimate of drug-likeness (QED) is 0.577. The van der Waals surface area contributed by atoms with Crippen LogP contribution in [0.15, 0.2) is 4.99 Å². The lowest BCUT2D eigenvalue weighted by Gasteiger charge is -2.36. The Labute approximate surface area is 79.0 Å². The zero-order valence-electron chi connectivity index (χ0n) is 8.29. The molecule has 74 valence electrons. The first-order valence-corrected chi connectivity index (χ1v) is 4.94. The summed E-state index contributed by atoms with van der Waals surface area (Å²) in [5, 5.41) is 3.29. The highest BCUT2D eigenvalue weighted by molar-refractivity contribution is 5.81. The lowest BCUT2D eigenvalue weighted by atomic mass is 10.2. The molecule has 2 unspecified atom stereocenters. The van der Waals surface area contributed by atoms with Crippen LogP contribution in [0.4, 0.5) is 0 Å². The van der Waals surface area contributed by atoms with E-state index in [1.165, 1.54) is 0 Å².